The monoisotopic (exact) mass is 595 g/mol. The Morgan fingerprint density at radius 1 is 1.02 bits per heavy atom. The minimum atomic E-state index is -4.74. The average Bonchev–Trinajstić information content (AvgIpc) is 3.79. The van der Waals surface area contributed by atoms with Gasteiger partial charge in [-0.3, -0.25) is 9.59 Å². The zero-order chi connectivity index (χ0) is 30.1. The van der Waals surface area contributed by atoms with E-state index in [2.05, 4.69) is 15.3 Å². The Bertz CT molecular complexity index is 1420. The number of carbonyl (C=O) groups excluding carboxylic acids is 2. The van der Waals surface area contributed by atoms with Crippen LogP contribution < -0.4 is 5.32 Å². The Balaban J connectivity index is 1.09. The average molecular weight is 596 g/mol. The van der Waals surface area contributed by atoms with E-state index in [1.54, 1.807) is 29.2 Å². The summed E-state index contributed by atoms with van der Waals surface area (Å²) in [6.45, 7) is 6.02. The second kappa shape index (κ2) is 12.1. The molecule has 1 aromatic heterocycles. The zero-order valence-electron chi connectivity index (χ0n) is 24.1. The highest BCUT2D eigenvalue weighted by Gasteiger charge is 2.45. The summed E-state index contributed by atoms with van der Waals surface area (Å²) in [5.74, 6) is -0.364. The van der Waals surface area contributed by atoms with Crippen LogP contribution in [0, 0.1) is 24.7 Å². The van der Waals surface area contributed by atoms with Gasteiger partial charge in [-0.15, -0.1) is 0 Å². The second-order valence-electron chi connectivity index (χ2n) is 12.0. The third-order valence-electron chi connectivity index (χ3n) is 8.95. The first-order valence-corrected chi connectivity index (χ1v) is 14.8. The number of hydrogen-bond acceptors (Lipinski definition) is 5. The number of benzene rings is 2. The molecule has 0 spiro atoms. The number of nitrogens with one attached hydrogen (secondary N) is 1. The molecule has 4 heterocycles. The van der Waals surface area contributed by atoms with Crippen LogP contribution in [0.5, 0.6) is 0 Å². The number of nitrogens with zero attached hydrogens (tertiary/aromatic N) is 4. The van der Waals surface area contributed by atoms with Crippen molar-refractivity contribution in [2.45, 2.75) is 32.0 Å². The number of aryl methyl sites for hydroxylation is 1. The Morgan fingerprint density at radius 3 is 2.35 bits per heavy atom. The summed E-state index contributed by atoms with van der Waals surface area (Å²) in [5, 5.41) is 7.20. The van der Waals surface area contributed by atoms with Gasteiger partial charge in [0.05, 0.1) is 36.0 Å². The van der Waals surface area contributed by atoms with Crippen molar-refractivity contribution in [1.82, 2.24) is 24.9 Å². The quantitative estimate of drug-likeness (QED) is 0.416. The first kappa shape index (κ1) is 29.4. The maximum atomic E-state index is 14.2. The van der Waals surface area contributed by atoms with E-state index in [-0.39, 0.29) is 35.4 Å². The predicted octanol–water partition coefficient (Wildman–Crippen LogP) is 4.49. The zero-order valence-corrected chi connectivity index (χ0v) is 24.1. The van der Waals surface area contributed by atoms with E-state index in [4.69, 9.17) is 4.74 Å². The van der Waals surface area contributed by atoms with Crippen LogP contribution in [-0.2, 0) is 15.7 Å². The molecule has 3 saturated heterocycles. The molecule has 3 aromatic rings. The van der Waals surface area contributed by atoms with Crippen LogP contribution in [0.4, 0.5) is 13.2 Å². The largest absolute Gasteiger partial charge is 0.434 e. The summed E-state index contributed by atoms with van der Waals surface area (Å²) in [4.78, 5) is 30.2. The second-order valence-corrected chi connectivity index (χ2v) is 12.0. The number of likely N-dealkylation sites (tertiary alicyclic amines) is 2. The van der Waals surface area contributed by atoms with Gasteiger partial charge < -0.3 is 19.9 Å². The van der Waals surface area contributed by atoms with E-state index < -0.39 is 23.3 Å². The maximum Gasteiger partial charge on any atom is 0.434 e. The predicted molar refractivity (Wildman–Crippen MR) is 153 cm³/mol. The van der Waals surface area contributed by atoms with Crippen LogP contribution in [0.1, 0.15) is 46.1 Å². The molecule has 4 atom stereocenters. The molecule has 0 radical (unpaired) electrons. The van der Waals surface area contributed by atoms with E-state index in [0.29, 0.717) is 26.3 Å². The lowest BCUT2D eigenvalue weighted by atomic mass is 10.0. The van der Waals surface area contributed by atoms with Gasteiger partial charge in [0.15, 0.2) is 5.69 Å². The van der Waals surface area contributed by atoms with Gasteiger partial charge in [0.25, 0.3) is 5.91 Å². The van der Waals surface area contributed by atoms with E-state index in [0.717, 1.165) is 54.5 Å². The molecular weight excluding hydrogens is 559 g/mol. The van der Waals surface area contributed by atoms with Crippen molar-refractivity contribution in [2.24, 2.45) is 17.8 Å². The Hall–Kier alpha value is -3.70. The van der Waals surface area contributed by atoms with Gasteiger partial charge in [-0.2, -0.15) is 18.3 Å². The van der Waals surface area contributed by atoms with E-state index >= 15 is 0 Å². The highest BCUT2D eigenvalue weighted by molar-refractivity contribution is 5.95. The summed E-state index contributed by atoms with van der Waals surface area (Å²) < 4.78 is 48.8. The van der Waals surface area contributed by atoms with Crippen molar-refractivity contribution in [1.29, 1.82) is 0 Å². The fourth-order valence-corrected chi connectivity index (χ4v) is 6.62. The number of fused-ring (bicyclic) bond motifs is 1. The Kier molecular flexibility index (Phi) is 8.28. The molecule has 8 nitrogen and oxygen atoms in total. The number of halogens is 3. The van der Waals surface area contributed by atoms with Crippen LogP contribution in [0.2, 0.25) is 0 Å². The third-order valence-corrected chi connectivity index (χ3v) is 8.95. The van der Waals surface area contributed by atoms with Gasteiger partial charge in [-0.05, 0) is 49.3 Å². The highest BCUT2D eigenvalue weighted by Crippen LogP contribution is 2.37. The number of rotatable bonds is 8. The molecule has 0 bridgehead atoms. The molecule has 11 heteroatoms. The molecule has 2 aromatic carbocycles. The summed E-state index contributed by atoms with van der Waals surface area (Å²) in [6, 6.07) is 16.4. The van der Waals surface area contributed by atoms with Crippen LogP contribution in [0.15, 0.2) is 60.8 Å². The molecule has 3 aliphatic heterocycles. The summed E-state index contributed by atoms with van der Waals surface area (Å²) in [7, 11) is 0. The molecule has 43 heavy (non-hydrogen) atoms. The van der Waals surface area contributed by atoms with Crippen molar-refractivity contribution < 1.29 is 27.5 Å². The van der Waals surface area contributed by atoms with Crippen molar-refractivity contribution in [2.75, 3.05) is 45.9 Å². The molecule has 3 aliphatic rings. The topological polar surface area (TPSA) is 79.7 Å². The van der Waals surface area contributed by atoms with Gasteiger partial charge in [0.1, 0.15) is 0 Å². The van der Waals surface area contributed by atoms with Gasteiger partial charge in [0, 0.05) is 39.3 Å². The number of aromatic nitrogens is 2. The fourth-order valence-electron chi connectivity index (χ4n) is 6.62. The molecule has 1 N–H and O–H groups in total. The standard InChI is InChI=1S/C32H36F3N5O3/c1-21-7-9-26(10-8-21)40-29(32(33,34)35)27(15-36-40)31(42)39-18-24-16-38(17-25(24)19-39)13-11-28(22-5-3-2-4-6-22)37-30(41)23-12-14-43-20-23/h2-10,15,23-25,28H,11-14,16-20H2,1H3,(H,37,41)/t23?,24?,25?,28-/m0/s1. The number of carbonyl (C=O) groups is 2. The lowest BCUT2D eigenvalue weighted by Gasteiger charge is -2.25. The molecule has 6 rings (SSSR count). The smallest absolute Gasteiger partial charge is 0.381 e. The number of hydrogen-bond donors (Lipinski definition) is 1. The molecule has 3 fully saturated rings. The van der Waals surface area contributed by atoms with E-state index in [1.807, 2.05) is 37.3 Å². The molecule has 0 aliphatic carbocycles. The highest BCUT2D eigenvalue weighted by atomic mass is 19.4. The molecule has 228 valence electrons. The minimum Gasteiger partial charge on any atom is -0.381 e. The van der Waals surface area contributed by atoms with Gasteiger partial charge in [0.2, 0.25) is 5.91 Å². The lowest BCUT2D eigenvalue weighted by Crippen LogP contribution is -2.37. The van der Waals surface area contributed by atoms with Crippen molar-refractivity contribution in [3.05, 3.63) is 83.2 Å². The number of amides is 2. The van der Waals surface area contributed by atoms with Crippen LogP contribution in [-0.4, -0.2) is 77.3 Å². The SMILES string of the molecule is Cc1ccc(-n2ncc(C(=O)N3CC4CN(CC[C@H](NC(=O)C5CCOC5)c5ccccc5)CC4C3)c2C(F)(F)F)cc1. The summed E-state index contributed by atoms with van der Waals surface area (Å²) >= 11 is 0. The van der Waals surface area contributed by atoms with E-state index in [1.165, 1.54) is 0 Å². The van der Waals surface area contributed by atoms with Crippen molar-refractivity contribution in [3.63, 3.8) is 0 Å². The number of alkyl halides is 3. The lowest BCUT2D eigenvalue weighted by molar-refractivity contribution is -0.143. The minimum absolute atomic E-state index is 0.0164. The van der Waals surface area contributed by atoms with Gasteiger partial charge in [-0.25, -0.2) is 4.68 Å². The van der Waals surface area contributed by atoms with Gasteiger partial charge in [-0.1, -0.05) is 48.0 Å². The Morgan fingerprint density at radius 2 is 1.72 bits per heavy atom. The van der Waals surface area contributed by atoms with Crippen molar-refractivity contribution >= 4 is 11.8 Å². The first-order chi connectivity index (χ1) is 20.7. The summed E-state index contributed by atoms with van der Waals surface area (Å²) in [5.41, 5.74) is 0.764. The normalized spacial score (nSPS) is 23.0. The Labute approximate surface area is 248 Å². The molecule has 0 saturated carbocycles. The molecule has 2 amide bonds. The van der Waals surface area contributed by atoms with Crippen molar-refractivity contribution in [3.8, 4) is 5.69 Å². The first-order valence-electron chi connectivity index (χ1n) is 14.8. The summed E-state index contributed by atoms with van der Waals surface area (Å²) in [6.07, 6.45) is -2.23. The molecular formula is C32H36F3N5O3. The van der Waals surface area contributed by atoms with Crippen LogP contribution in [0.3, 0.4) is 0 Å². The molecule has 3 unspecified atom stereocenters. The fraction of sp³-hybridized carbons (Fsp3) is 0.469. The van der Waals surface area contributed by atoms with Gasteiger partial charge >= 0.3 is 6.18 Å². The van der Waals surface area contributed by atoms with Crippen LogP contribution in [0.25, 0.3) is 5.69 Å². The number of ether oxygens (including phenoxy) is 1. The van der Waals surface area contributed by atoms with E-state index in [9.17, 15) is 22.8 Å². The van der Waals surface area contributed by atoms with Crippen LogP contribution >= 0.6 is 0 Å². The third kappa shape index (κ3) is 6.33. The maximum absolute atomic E-state index is 14.2.